The van der Waals surface area contributed by atoms with Crippen molar-refractivity contribution >= 4 is 0 Å². The minimum atomic E-state index is -0.134. The van der Waals surface area contributed by atoms with Crippen molar-refractivity contribution in [3.05, 3.63) is 49.1 Å². The van der Waals surface area contributed by atoms with Crippen LogP contribution in [0.25, 0.3) is 0 Å². The first-order valence-corrected chi connectivity index (χ1v) is 8.75. The molecule has 3 atom stereocenters. The molecular weight excluding hydrogens is 302 g/mol. The zero-order valence-corrected chi connectivity index (χ0v) is 14.2. The second-order valence-corrected chi connectivity index (χ2v) is 6.65. The Morgan fingerprint density at radius 1 is 1.08 bits per heavy atom. The zero-order chi connectivity index (χ0) is 16.9. The average Bonchev–Trinajstić information content (AvgIpc) is 2.82. The summed E-state index contributed by atoms with van der Waals surface area (Å²) in [5, 5.41) is 9.98. The van der Waals surface area contributed by atoms with E-state index >= 15 is 0 Å². The van der Waals surface area contributed by atoms with Gasteiger partial charge >= 0.3 is 0 Å². The van der Waals surface area contributed by atoms with E-state index in [2.05, 4.69) is 24.1 Å². The van der Waals surface area contributed by atoms with Crippen molar-refractivity contribution in [2.75, 3.05) is 13.2 Å². The highest BCUT2D eigenvalue weighted by Crippen LogP contribution is 2.38. The molecule has 3 rings (SSSR count). The molecule has 130 valence electrons. The summed E-state index contributed by atoms with van der Waals surface area (Å²) in [6, 6.07) is 7.00. The Bertz CT molecular complexity index is 572. The van der Waals surface area contributed by atoms with Crippen molar-refractivity contribution in [2.45, 2.75) is 50.4 Å². The quantitative estimate of drug-likeness (QED) is 0.743. The third-order valence-electron chi connectivity index (χ3n) is 4.98. The highest BCUT2D eigenvalue weighted by molar-refractivity contribution is 5.41. The van der Waals surface area contributed by atoms with Gasteiger partial charge in [-0.25, -0.2) is 0 Å². The van der Waals surface area contributed by atoms with Crippen molar-refractivity contribution in [3.63, 3.8) is 0 Å². The number of rotatable bonds is 8. The summed E-state index contributed by atoms with van der Waals surface area (Å²) < 4.78 is 11.5. The molecule has 0 aromatic heterocycles. The van der Waals surface area contributed by atoms with Crippen LogP contribution in [-0.2, 0) is 6.54 Å². The zero-order valence-electron chi connectivity index (χ0n) is 14.2. The molecule has 1 aromatic carbocycles. The van der Waals surface area contributed by atoms with Crippen molar-refractivity contribution < 1.29 is 14.6 Å². The molecule has 0 spiro atoms. The number of hydrogen-bond acceptors (Lipinski definition) is 4. The molecule has 2 bridgehead atoms. The number of fused-ring (bicyclic) bond motifs is 2. The predicted octanol–water partition coefficient (Wildman–Crippen LogP) is 3.30. The number of hydrogen-bond donors (Lipinski definition) is 1. The highest BCUT2D eigenvalue weighted by atomic mass is 16.5. The van der Waals surface area contributed by atoms with Crippen molar-refractivity contribution in [2.24, 2.45) is 0 Å². The van der Waals surface area contributed by atoms with Crippen molar-refractivity contribution in [1.82, 2.24) is 4.90 Å². The van der Waals surface area contributed by atoms with Crippen LogP contribution in [0.2, 0.25) is 0 Å². The minimum absolute atomic E-state index is 0.134. The van der Waals surface area contributed by atoms with Gasteiger partial charge in [0, 0.05) is 30.3 Å². The lowest BCUT2D eigenvalue weighted by Crippen LogP contribution is -2.44. The Labute approximate surface area is 144 Å². The fourth-order valence-corrected chi connectivity index (χ4v) is 3.89. The number of aliphatic hydroxyl groups excluding tert-OH is 1. The van der Waals surface area contributed by atoms with Crippen LogP contribution < -0.4 is 9.47 Å². The van der Waals surface area contributed by atoms with E-state index in [0.717, 1.165) is 36.4 Å². The molecule has 4 nitrogen and oxygen atoms in total. The first kappa shape index (κ1) is 17.1. The molecule has 2 aliphatic rings. The SMILES string of the molecule is C=CCOc1ccc(CN2[C@@H]3CC[C@H]2CC(O)C3)c(OCC=C)c1. The Morgan fingerprint density at radius 2 is 1.75 bits per heavy atom. The summed E-state index contributed by atoms with van der Waals surface area (Å²) >= 11 is 0. The maximum Gasteiger partial charge on any atom is 0.127 e. The molecular formula is C20H27NO3. The molecule has 0 radical (unpaired) electrons. The molecule has 2 heterocycles. The smallest absolute Gasteiger partial charge is 0.127 e. The molecule has 2 aliphatic heterocycles. The van der Waals surface area contributed by atoms with E-state index in [1.807, 2.05) is 12.1 Å². The van der Waals surface area contributed by atoms with Crippen LogP contribution in [0.5, 0.6) is 11.5 Å². The van der Waals surface area contributed by atoms with Crippen LogP contribution in [0.4, 0.5) is 0 Å². The maximum absolute atomic E-state index is 9.98. The largest absolute Gasteiger partial charge is 0.489 e. The van der Waals surface area contributed by atoms with Crippen LogP contribution in [0.3, 0.4) is 0 Å². The van der Waals surface area contributed by atoms with Gasteiger partial charge in [0.1, 0.15) is 24.7 Å². The van der Waals surface area contributed by atoms with E-state index in [0.29, 0.717) is 25.3 Å². The van der Waals surface area contributed by atoms with Gasteiger partial charge in [-0.2, -0.15) is 0 Å². The monoisotopic (exact) mass is 329 g/mol. The van der Waals surface area contributed by atoms with Gasteiger partial charge in [-0.15, -0.1) is 0 Å². The van der Waals surface area contributed by atoms with Gasteiger partial charge in [-0.05, 0) is 31.7 Å². The van der Waals surface area contributed by atoms with E-state index in [-0.39, 0.29) is 6.10 Å². The molecule has 0 amide bonds. The molecule has 2 saturated heterocycles. The number of aliphatic hydroxyl groups is 1. The maximum atomic E-state index is 9.98. The van der Waals surface area contributed by atoms with Crippen LogP contribution in [-0.4, -0.2) is 41.4 Å². The Hall–Kier alpha value is -1.78. The molecule has 1 unspecified atom stereocenters. The third-order valence-corrected chi connectivity index (χ3v) is 4.98. The summed E-state index contributed by atoms with van der Waals surface area (Å²) in [6.07, 6.45) is 7.50. The van der Waals surface area contributed by atoms with Gasteiger partial charge in [0.2, 0.25) is 0 Å². The summed E-state index contributed by atoms with van der Waals surface area (Å²) in [5.41, 5.74) is 1.16. The second-order valence-electron chi connectivity index (χ2n) is 6.65. The number of piperidine rings is 1. The normalized spacial score (nSPS) is 26.1. The lowest BCUT2D eigenvalue weighted by atomic mass is 9.99. The number of nitrogens with zero attached hydrogens (tertiary/aromatic N) is 1. The summed E-state index contributed by atoms with van der Waals surface area (Å²) in [4.78, 5) is 2.53. The van der Waals surface area contributed by atoms with Gasteiger partial charge < -0.3 is 14.6 Å². The van der Waals surface area contributed by atoms with E-state index in [1.165, 1.54) is 12.8 Å². The Balaban J connectivity index is 1.76. The third kappa shape index (κ3) is 3.82. The molecule has 1 N–H and O–H groups in total. The summed E-state index contributed by atoms with van der Waals surface area (Å²) in [5.74, 6) is 1.64. The molecule has 2 fully saturated rings. The molecule has 0 aliphatic carbocycles. The van der Waals surface area contributed by atoms with Gasteiger partial charge in [0.05, 0.1) is 6.10 Å². The van der Waals surface area contributed by atoms with Crippen LogP contribution in [0.15, 0.2) is 43.5 Å². The molecule has 0 saturated carbocycles. The van der Waals surface area contributed by atoms with Crippen LogP contribution in [0.1, 0.15) is 31.2 Å². The van der Waals surface area contributed by atoms with Crippen LogP contribution in [0, 0.1) is 0 Å². The first-order chi connectivity index (χ1) is 11.7. The summed E-state index contributed by atoms with van der Waals surface area (Å²) in [6.45, 7) is 9.22. The predicted molar refractivity (Wildman–Crippen MR) is 95.4 cm³/mol. The van der Waals surface area contributed by atoms with Gasteiger partial charge in [-0.3, -0.25) is 4.90 Å². The van der Waals surface area contributed by atoms with Gasteiger partial charge in [0.15, 0.2) is 0 Å². The molecule has 4 heteroatoms. The lowest BCUT2D eigenvalue weighted by molar-refractivity contribution is 0.0306. The Kier molecular flexibility index (Phi) is 5.59. The van der Waals surface area contributed by atoms with E-state index in [1.54, 1.807) is 12.2 Å². The standard InChI is InChI=1S/C20H27NO3/c1-3-9-23-19-8-5-15(20(13-19)24-10-4-2)14-21-16-6-7-17(21)12-18(22)11-16/h3-5,8,13,16-18,22H,1-2,6-7,9-12,14H2/t16-,17+,18?. The Morgan fingerprint density at radius 3 is 2.42 bits per heavy atom. The van der Waals surface area contributed by atoms with Gasteiger partial charge in [0.25, 0.3) is 0 Å². The fraction of sp³-hybridized carbons (Fsp3) is 0.500. The number of ether oxygens (including phenoxy) is 2. The molecule has 1 aromatic rings. The molecule has 24 heavy (non-hydrogen) atoms. The summed E-state index contributed by atoms with van der Waals surface area (Å²) in [7, 11) is 0. The minimum Gasteiger partial charge on any atom is -0.489 e. The van der Waals surface area contributed by atoms with Gasteiger partial charge in [-0.1, -0.05) is 31.4 Å². The van der Waals surface area contributed by atoms with E-state index in [4.69, 9.17) is 9.47 Å². The lowest BCUT2D eigenvalue weighted by Gasteiger charge is -2.37. The van der Waals surface area contributed by atoms with E-state index < -0.39 is 0 Å². The first-order valence-electron chi connectivity index (χ1n) is 8.75. The van der Waals surface area contributed by atoms with Crippen molar-refractivity contribution in [1.29, 1.82) is 0 Å². The number of benzene rings is 1. The van der Waals surface area contributed by atoms with Crippen molar-refractivity contribution in [3.8, 4) is 11.5 Å². The second kappa shape index (κ2) is 7.86. The fourth-order valence-electron chi connectivity index (χ4n) is 3.89. The topological polar surface area (TPSA) is 41.9 Å². The van der Waals surface area contributed by atoms with E-state index in [9.17, 15) is 5.11 Å². The average molecular weight is 329 g/mol. The highest BCUT2D eigenvalue weighted by Gasteiger charge is 2.40. The van der Waals surface area contributed by atoms with Crippen LogP contribution >= 0.6 is 0 Å².